The molecule has 1 aliphatic rings. The van der Waals surface area contributed by atoms with Crippen LogP contribution in [-0.4, -0.2) is 31.8 Å². The number of carbonyl (C=O) groups excluding carboxylic acids is 1. The van der Waals surface area contributed by atoms with Crippen LogP contribution in [0.15, 0.2) is 47.4 Å². The molecule has 1 heterocycles. The SMILES string of the molecule is Cc1ccc(C)c(S(=O)(=O)Nc2cccc(C(=O)N3CCCCC3C)c2)c1. The molecule has 0 aliphatic carbocycles. The van der Waals surface area contributed by atoms with E-state index in [2.05, 4.69) is 11.6 Å². The highest BCUT2D eigenvalue weighted by molar-refractivity contribution is 7.92. The van der Waals surface area contributed by atoms with Gasteiger partial charge in [-0.3, -0.25) is 9.52 Å². The Morgan fingerprint density at radius 2 is 1.89 bits per heavy atom. The third kappa shape index (κ3) is 4.33. The number of nitrogens with zero attached hydrogens (tertiary/aromatic N) is 1. The average Bonchev–Trinajstić information content (AvgIpc) is 2.63. The van der Waals surface area contributed by atoms with Gasteiger partial charge in [0.05, 0.1) is 4.90 Å². The summed E-state index contributed by atoms with van der Waals surface area (Å²) in [5.41, 5.74) is 2.46. The molecular formula is C21H26N2O3S. The minimum atomic E-state index is -3.72. The van der Waals surface area contributed by atoms with Crippen LogP contribution in [0.4, 0.5) is 5.69 Å². The predicted octanol–water partition coefficient (Wildman–Crippen LogP) is 4.12. The lowest BCUT2D eigenvalue weighted by molar-refractivity contribution is 0.0635. The van der Waals surface area contributed by atoms with E-state index in [4.69, 9.17) is 0 Å². The van der Waals surface area contributed by atoms with E-state index >= 15 is 0 Å². The maximum Gasteiger partial charge on any atom is 0.262 e. The van der Waals surface area contributed by atoms with Crippen molar-refractivity contribution in [2.45, 2.75) is 51.0 Å². The van der Waals surface area contributed by atoms with Gasteiger partial charge in [0.1, 0.15) is 0 Å². The van der Waals surface area contributed by atoms with Gasteiger partial charge in [-0.15, -0.1) is 0 Å². The smallest absolute Gasteiger partial charge is 0.262 e. The summed E-state index contributed by atoms with van der Waals surface area (Å²) < 4.78 is 28.2. The van der Waals surface area contributed by atoms with Crippen LogP contribution in [0.25, 0.3) is 0 Å². The molecule has 144 valence electrons. The van der Waals surface area contributed by atoms with Crippen molar-refractivity contribution in [3.63, 3.8) is 0 Å². The van der Waals surface area contributed by atoms with Crippen molar-refractivity contribution >= 4 is 21.6 Å². The third-order valence-corrected chi connectivity index (χ3v) is 6.58. The van der Waals surface area contributed by atoms with Gasteiger partial charge in [-0.25, -0.2) is 8.42 Å². The monoisotopic (exact) mass is 386 g/mol. The molecule has 1 N–H and O–H groups in total. The third-order valence-electron chi connectivity index (χ3n) is 5.06. The Bertz CT molecular complexity index is 954. The number of hydrogen-bond acceptors (Lipinski definition) is 3. The molecule has 27 heavy (non-hydrogen) atoms. The summed E-state index contributed by atoms with van der Waals surface area (Å²) in [6.45, 7) is 6.44. The highest BCUT2D eigenvalue weighted by atomic mass is 32.2. The maximum atomic E-state index is 12.8. The number of likely N-dealkylation sites (tertiary alicyclic amines) is 1. The molecule has 1 amide bonds. The maximum absolute atomic E-state index is 12.8. The largest absolute Gasteiger partial charge is 0.336 e. The number of sulfonamides is 1. The second-order valence-electron chi connectivity index (χ2n) is 7.30. The number of nitrogens with one attached hydrogen (secondary N) is 1. The molecule has 6 heteroatoms. The fourth-order valence-electron chi connectivity index (χ4n) is 3.49. The van der Waals surface area contributed by atoms with E-state index in [9.17, 15) is 13.2 Å². The Hall–Kier alpha value is -2.34. The molecule has 0 saturated carbocycles. The van der Waals surface area contributed by atoms with Crippen LogP contribution < -0.4 is 4.72 Å². The molecule has 3 rings (SSSR count). The van der Waals surface area contributed by atoms with Crippen molar-refractivity contribution in [3.05, 3.63) is 59.2 Å². The quantitative estimate of drug-likeness (QED) is 0.859. The Labute approximate surface area is 161 Å². The number of amides is 1. The van der Waals surface area contributed by atoms with E-state index in [-0.39, 0.29) is 16.8 Å². The van der Waals surface area contributed by atoms with Crippen LogP contribution in [0.3, 0.4) is 0 Å². The normalized spacial score (nSPS) is 17.6. The lowest BCUT2D eigenvalue weighted by atomic mass is 10.0. The second-order valence-corrected chi connectivity index (χ2v) is 8.95. The first-order chi connectivity index (χ1) is 12.8. The molecule has 5 nitrogen and oxygen atoms in total. The van der Waals surface area contributed by atoms with Gasteiger partial charge < -0.3 is 4.90 Å². The van der Waals surface area contributed by atoms with Gasteiger partial charge >= 0.3 is 0 Å². The molecule has 0 radical (unpaired) electrons. The lowest BCUT2D eigenvalue weighted by Gasteiger charge is -2.33. The van der Waals surface area contributed by atoms with Gasteiger partial charge in [-0.05, 0) is 75.4 Å². The summed E-state index contributed by atoms with van der Waals surface area (Å²) in [5.74, 6) is -0.0463. The lowest BCUT2D eigenvalue weighted by Crippen LogP contribution is -2.42. The molecule has 1 unspecified atom stereocenters. The minimum absolute atomic E-state index is 0.0463. The fourth-order valence-corrected chi connectivity index (χ4v) is 4.87. The van der Waals surface area contributed by atoms with Crippen LogP contribution in [0.5, 0.6) is 0 Å². The number of hydrogen-bond donors (Lipinski definition) is 1. The van der Waals surface area contributed by atoms with E-state index in [0.29, 0.717) is 16.8 Å². The van der Waals surface area contributed by atoms with Crippen molar-refractivity contribution < 1.29 is 13.2 Å². The first-order valence-electron chi connectivity index (χ1n) is 9.29. The van der Waals surface area contributed by atoms with Gasteiger partial charge in [0.15, 0.2) is 0 Å². The topological polar surface area (TPSA) is 66.5 Å². The minimum Gasteiger partial charge on any atom is -0.336 e. The van der Waals surface area contributed by atoms with Gasteiger partial charge in [0.2, 0.25) is 0 Å². The van der Waals surface area contributed by atoms with E-state index in [0.717, 1.165) is 31.4 Å². The highest BCUT2D eigenvalue weighted by Gasteiger charge is 2.25. The van der Waals surface area contributed by atoms with E-state index in [1.54, 1.807) is 43.3 Å². The van der Waals surface area contributed by atoms with Crippen LogP contribution in [0.1, 0.15) is 47.7 Å². The molecule has 1 fully saturated rings. The van der Waals surface area contributed by atoms with Gasteiger partial charge in [-0.1, -0.05) is 18.2 Å². The fraction of sp³-hybridized carbons (Fsp3) is 0.381. The van der Waals surface area contributed by atoms with Crippen molar-refractivity contribution in [2.75, 3.05) is 11.3 Å². The number of aryl methyl sites for hydroxylation is 2. The van der Waals surface area contributed by atoms with Crippen LogP contribution in [0, 0.1) is 13.8 Å². The first kappa shape index (κ1) is 19.4. The second kappa shape index (κ2) is 7.72. The molecule has 2 aromatic carbocycles. The van der Waals surface area contributed by atoms with E-state index in [1.165, 1.54) is 0 Å². The summed E-state index contributed by atoms with van der Waals surface area (Å²) in [6.07, 6.45) is 3.15. The number of rotatable bonds is 4. The molecule has 1 saturated heterocycles. The highest BCUT2D eigenvalue weighted by Crippen LogP contribution is 2.23. The summed E-state index contributed by atoms with van der Waals surface area (Å²) in [5, 5.41) is 0. The van der Waals surface area contributed by atoms with Crippen LogP contribution in [0.2, 0.25) is 0 Å². The van der Waals surface area contributed by atoms with Crippen LogP contribution >= 0.6 is 0 Å². The summed E-state index contributed by atoms with van der Waals surface area (Å²) in [4.78, 5) is 15.0. The van der Waals surface area contributed by atoms with Crippen molar-refractivity contribution in [3.8, 4) is 0 Å². The van der Waals surface area contributed by atoms with Gasteiger partial charge in [-0.2, -0.15) is 0 Å². The Kier molecular flexibility index (Phi) is 5.56. The molecule has 0 bridgehead atoms. The molecule has 0 aromatic heterocycles. The number of carbonyl (C=O) groups is 1. The zero-order valence-corrected chi connectivity index (χ0v) is 16.8. The standard InChI is InChI=1S/C21H26N2O3S/c1-15-10-11-16(2)20(13-15)27(25,26)22-19-9-6-8-18(14-19)21(24)23-12-5-4-7-17(23)3/h6,8-11,13-14,17,22H,4-5,7,12H2,1-3H3. The van der Waals surface area contributed by atoms with Crippen molar-refractivity contribution in [1.29, 1.82) is 0 Å². The molecule has 1 aliphatic heterocycles. The summed E-state index contributed by atoms with van der Waals surface area (Å²) >= 11 is 0. The predicted molar refractivity (Wildman–Crippen MR) is 108 cm³/mol. The van der Waals surface area contributed by atoms with E-state index < -0.39 is 10.0 Å². The Morgan fingerprint density at radius 1 is 1.11 bits per heavy atom. The van der Waals surface area contributed by atoms with Gasteiger partial charge in [0.25, 0.3) is 15.9 Å². The van der Waals surface area contributed by atoms with Crippen molar-refractivity contribution in [2.24, 2.45) is 0 Å². The molecule has 1 atom stereocenters. The Balaban J connectivity index is 1.85. The average molecular weight is 387 g/mol. The number of piperidine rings is 1. The molecule has 0 spiro atoms. The number of anilines is 1. The first-order valence-corrected chi connectivity index (χ1v) is 10.8. The van der Waals surface area contributed by atoms with E-state index in [1.807, 2.05) is 17.9 Å². The molecule has 2 aromatic rings. The number of benzene rings is 2. The van der Waals surface area contributed by atoms with Crippen molar-refractivity contribution in [1.82, 2.24) is 4.90 Å². The zero-order valence-electron chi connectivity index (χ0n) is 16.0. The van der Waals surface area contributed by atoms with Crippen LogP contribution in [-0.2, 0) is 10.0 Å². The zero-order chi connectivity index (χ0) is 19.6. The molecular weight excluding hydrogens is 360 g/mol. The van der Waals surface area contributed by atoms with Gasteiger partial charge in [0, 0.05) is 23.8 Å². The Morgan fingerprint density at radius 3 is 2.63 bits per heavy atom. The summed E-state index contributed by atoms with van der Waals surface area (Å²) in [7, 11) is -3.72. The summed E-state index contributed by atoms with van der Waals surface area (Å²) in [6, 6.07) is 12.3.